The maximum atomic E-state index is 13.0. The molecule has 0 amide bonds. The monoisotopic (exact) mass is 502 g/mol. The SMILES string of the molecule is CCOC(=O)c1sc(CC(=O)C(C#N)=Cc2ccc(-c3ccccc3C#N)o2)c(C(=O)OCC)c1C. The van der Waals surface area contributed by atoms with Gasteiger partial charge in [0.05, 0.1) is 36.0 Å². The number of allylic oxidation sites excluding steroid dienone is 1. The lowest BCUT2D eigenvalue weighted by molar-refractivity contribution is -0.114. The van der Waals surface area contributed by atoms with E-state index in [-0.39, 0.29) is 41.4 Å². The average Bonchev–Trinajstić information content (AvgIpc) is 3.46. The first kappa shape index (κ1) is 26.1. The summed E-state index contributed by atoms with van der Waals surface area (Å²) >= 11 is 0.969. The van der Waals surface area contributed by atoms with E-state index in [2.05, 4.69) is 6.07 Å². The molecule has 3 rings (SSSR count). The molecule has 0 saturated carbocycles. The molecule has 182 valence electrons. The zero-order valence-electron chi connectivity index (χ0n) is 19.9. The van der Waals surface area contributed by atoms with Gasteiger partial charge in [-0.15, -0.1) is 11.3 Å². The molecule has 8 nitrogen and oxygen atoms in total. The summed E-state index contributed by atoms with van der Waals surface area (Å²) in [4.78, 5) is 38.5. The number of benzene rings is 1. The van der Waals surface area contributed by atoms with Crippen molar-refractivity contribution in [1.29, 1.82) is 10.5 Å². The number of nitriles is 2. The van der Waals surface area contributed by atoms with Crippen molar-refractivity contribution in [1.82, 2.24) is 0 Å². The number of nitrogens with zero attached hydrogens (tertiary/aromatic N) is 2. The molecule has 0 N–H and O–H groups in total. The van der Waals surface area contributed by atoms with E-state index in [0.717, 1.165) is 11.3 Å². The molecule has 2 aromatic heterocycles. The molecule has 9 heteroatoms. The summed E-state index contributed by atoms with van der Waals surface area (Å²) in [5.74, 6) is -1.14. The van der Waals surface area contributed by atoms with Gasteiger partial charge >= 0.3 is 11.9 Å². The van der Waals surface area contributed by atoms with Crippen LogP contribution in [0.5, 0.6) is 0 Å². The number of Topliss-reactive ketones (excluding diaryl/α,β-unsaturated/α-hetero) is 1. The summed E-state index contributed by atoms with van der Waals surface area (Å²) < 4.78 is 15.9. The number of esters is 2. The van der Waals surface area contributed by atoms with Crippen LogP contribution in [0.1, 0.15) is 55.6 Å². The molecule has 0 aliphatic rings. The van der Waals surface area contributed by atoms with Crippen molar-refractivity contribution in [3.63, 3.8) is 0 Å². The van der Waals surface area contributed by atoms with Crippen LogP contribution in [0.3, 0.4) is 0 Å². The quantitative estimate of drug-likeness (QED) is 0.220. The fraction of sp³-hybridized carbons (Fsp3) is 0.222. The highest BCUT2D eigenvalue weighted by Gasteiger charge is 2.28. The molecular formula is C27H22N2O6S. The topological polar surface area (TPSA) is 130 Å². The third-order valence-corrected chi connectivity index (χ3v) is 6.40. The van der Waals surface area contributed by atoms with Crippen LogP contribution in [0.15, 0.2) is 46.4 Å². The number of furan rings is 1. The van der Waals surface area contributed by atoms with E-state index in [9.17, 15) is 24.9 Å². The van der Waals surface area contributed by atoms with E-state index in [0.29, 0.717) is 27.3 Å². The third kappa shape index (κ3) is 5.60. The Labute approximate surface area is 212 Å². The maximum Gasteiger partial charge on any atom is 0.348 e. The first-order valence-electron chi connectivity index (χ1n) is 11.0. The molecule has 0 radical (unpaired) electrons. The molecule has 36 heavy (non-hydrogen) atoms. The Morgan fingerprint density at radius 3 is 2.39 bits per heavy atom. The van der Waals surface area contributed by atoms with Gasteiger partial charge < -0.3 is 13.9 Å². The first-order chi connectivity index (χ1) is 17.3. The summed E-state index contributed by atoms with van der Waals surface area (Å²) in [5.41, 5.74) is 1.32. The highest BCUT2D eigenvalue weighted by atomic mass is 32.1. The summed E-state index contributed by atoms with van der Waals surface area (Å²) in [7, 11) is 0. The highest BCUT2D eigenvalue weighted by Crippen LogP contribution is 2.31. The zero-order chi connectivity index (χ0) is 26.2. The van der Waals surface area contributed by atoms with Gasteiger partial charge in [-0.2, -0.15) is 10.5 Å². The van der Waals surface area contributed by atoms with E-state index < -0.39 is 17.7 Å². The number of rotatable bonds is 9. The molecule has 0 bridgehead atoms. The van der Waals surface area contributed by atoms with Crippen LogP contribution >= 0.6 is 11.3 Å². The lowest BCUT2D eigenvalue weighted by Crippen LogP contribution is -2.12. The van der Waals surface area contributed by atoms with Crippen LogP contribution in [-0.4, -0.2) is 30.9 Å². The van der Waals surface area contributed by atoms with Crippen molar-refractivity contribution in [2.75, 3.05) is 13.2 Å². The predicted octanol–water partition coefficient (Wildman–Crippen LogP) is 5.26. The molecule has 3 aromatic rings. The number of hydrogen-bond acceptors (Lipinski definition) is 9. The normalized spacial score (nSPS) is 10.9. The van der Waals surface area contributed by atoms with Gasteiger partial charge in [0.1, 0.15) is 22.5 Å². The Hall–Kier alpha value is -4.47. The van der Waals surface area contributed by atoms with E-state index in [1.54, 1.807) is 57.2 Å². The molecule has 0 unspecified atom stereocenters. The second kappa shape index (κ2) is 11.8. The molecule has 0 aliphatic heterocycles. The highest BCUT2D eigenvalue weighted by molar-refractivity contribution is 7.14. The van der Waals surface area contributed by atoms with E-state index in [1.165, 1.54) is 6.08 Å². The molecule has 0 fully saturated rings. The lowest BCUT2D eigenvalue weighted by Gasteiger charge is -2.05. The number of hydrogen-bond donors (Lipinski definition) is 0. The summed E-state index contributed by atoms with van der Waals surface area (Å²) in [5, 5.41) is 18.9. The number of carbonyl (C=O) groups is 3. The predicted molar refractivity (Wildman–Crippen MR) is 132 cm³/mol. The molecule has 0 saturated heterocycles. The zero-order valence-corrected chi connectivity index (χ0v) is 20.7. The van der Waals surface area contributed by atoms with Gasteiger partial charge in [0.2, 0.25) is 0 Å². The van der Waals surface area contributed by atoms with Crippen molar-refractivity contribution in [3.8, 4) is 23.5 Å². The number of carbonyl (C=O) groups excluding carboxylic acids is 3. The summed E-state index contributed by atoms with van der Waals surface area (Å²) in [6.45, 7) is 5.19. The summed E-state index contributed by atoms with van der Waals surface area (Å²) in [6, 6.07) is 14.1. The minimum Gasteiger partial charge on any atom is -0.462 e. The Bertz CT molecular complexity index is 1430. The standard InChI is InChI=1S/C27H22N2O6S/c1-4-33-26(31)24-16(3)25(27(32)34-5-2)36-23(24)13-21(30)18(15-29)12-19-10-11-22(35-19)20-9-7-6-8-17(20)14-28/h6-12H,4-5,13H2,1-3H3. The Morgan fingerprint density at radius 1 is 1.03 bits per heavy atom. The minimum atomic E-state index is -0.654. The molecule has 0 aliphatic carbocycles. The fourth-order valence-electron chi connectivity index (χ4n) is 3.49. The van der Waals surface area contributed by atoms with Crippen LogP contribution in [0.2, 0.25) is 0 Å². The van der Waals surface area contributed by atoms with Gasteiger partial charge in [0, 0.05) is 22.9 Å². The Morgan fingerprint density at radius 2 is 1.72 bits per heavy atom. The van der Waals surface area contributed by atoms with Gasteiger partial charge in [-0.25, -0.2) is 9.59 Å². The van der Waals surface area contributed by atoms with Crippen molar-refractivity contribution < 1.29 is 28.3 Å². The van der Waals surface area contributed by atoms with Crippen molar-refractivity contribution in [3.05, 3.63) is 74.2 Å². The van der Waals surface area contributed by atoms with Gasteiger partial charge in [0.15, 0.2) is 5.78 Å². The van der Waals surface area contributed by atoms with E-state index in [4.69, 9.17) is 13.9 Å². The third-order valence-electron chi connectivity index (χ3n) is 5.13. The maximum absolute atomic E-state index is 13.0. The molecule has 0 spiro atoms. The lowest BCUT2D eigenvalue weighted by atomic mass is 10.0. The Balaban J connectivity index is 1.93. The Kier molecular flexibility index (Phi) is 8.56. The van der Waals surface area contributed by atoms with Gasteiger partial charge in [-0.1, -0.05) is 12.1 Å². The van der Waals surface area contributed by atoms with Crippen LogP contribution in [0, 0.1) is 29.6 Å². The van der Waals surface area contributed by atoms with Gasteiger partial charge in [0.25, 0.3) is 0 Å². The molecular weight excluding hydrogens is 480 g/mol. The summed E-state index contributed by atoms with van der Waals surface area (Å²) in [6.07, 6.45) is 1.01. The van der Waals surface area contributed by atoms with Crippen LogP contribution in [-0.2, 0) is 20.7 Å². The van der Waals surface area contributed by atoms with Crippen molar-refractivity contribution in [2.24, 2.45) is 0 Å². The minimum absolute atomic E-state index is 0.120. The van der Waals surface area contributed by atoms with Crippen LogP contribution in [0.25, 0.3) is 17.4 Å². The van der Waals surface area contributed by atoms with Crippen LogP contribution in [0.4, 0.5) is 0 Å². The average molecular weight is 503 g/mol. The van der Waals surface area contributed by atoms with Gasteiger partial charge in [-0.05, 0) is 50.6 Å². The number of thiophene rings is 1. The first-order valence-corrected chi connectivity index (χ1v) is 11.9. The van der Waals surface area contributed by atoms with Crippen molar-refractivity contribution >= 4 is 35.1 Å². The van der Waals surface area contributed by atoms with Crippen LogP contribution < -0.4 is 0 Å². The van der Waals surface area contributed by atoms with E-state index in [1.807, 2.05) is 6.07 Å². The second-order valence-corrected chi connectivity index (χ2v) is 8.53. The molecule has 2 heterocycles. The second-order valence-electron chi connectivity index (χ2n) is 7.42. The molecule has 0 atom stereocenters. The molecule has 1 aromatic carbocycles. The smallest absolute Gasteiger partial charge is 0.348 e. The number of ether oxygens (including phenoxy) is 2. The van der Waals surface area contributed by atoms with Crippen molar-refractivity contribution in [2.45, 2.75) is 27.2 Å². The largest absolute Gasteiger partial charge is 0.462 e. The van der Waals surface area contributed by atoms with E-state index >= 15 is 0 Å². The fourth-order valence-corrected chi connectivity index (χ4v) is 4.67. The number of ketones is 1. The van der Waals surface area contributed by atoms with Gasteiger partial charge in [-0.3, -0.25) is 4.79 Å².